The summed E-state index contributed by atoms with van der Waals surface area (Å²) >= 11 is 0. The molecule has 1 aromatic heterocycles. The number of carbonyl (C=O) groups excluding carboxylic acids is 2. The lowest BCUT2D eigenvalue weighted by molar-refractivity contribution is 0.102. The Kier molecular flexibility index (Phi) is 6.78. The molecule has 0 spiro atoms. The average Bonchev–Trinajstić information content (AvgIpc) is 2.75. The molecule has 3 rings (SSSR count). The van der Waals surface area contributed by atoms with Gasteiger partial charge in [0.1, 0.15) is 0 Å². The number of nitrogen functional groups attached to an aromatic ring is 1. The van der Waals surface area contributed by atoms with E-state index >= 15 is 0 Å². The van der Waals surface area contributed by atoms with Crippen molar-refractivity contribution in [3.05, 3.63) is 89.7 Å². The molecule has 0 aliphatic rings. The highest BCUT2D eigenvalue weighted by Crippen LogP contribution is 2.18. The maximum atomic E-state index is 12.3. The molecule has 7 nitrogen and oxygen atoms in total. The molecule has 1 heterocycles. The maximum Gasteiger partial charge on any atom is 0.315 e. The number of benzene rings is 2. The van der Waals surface area contributed by atoms with E-state index in [1.165, 1.54) is 0 Å². The molecule has 0 saturated heterocycles. The van der Waals surface area contributed by atoms with Crippen LogP contribution in [0.5, 0.6) is 0 Å². The Morgan fingerprint density at radius 3 is 2.41 bits per heavy atom. The molecule has 0 fully saturated rings. The van der Waals surface area contributed by atoms with Gasteiger partial charge in [-0.2, -0.15) is 0 Å². The van der Waals surface area contributed by atoms with E-state index in [0.29, 0.717) is 36.4 Å². The Balaban J connectivity index is 1.42. The van der Waals surface area contributed by atoms with E-state index in [-0.39, 0.29) is 11.9 Å². The summed E-state index contributed by atoms with van der Waals surface area (Å²) in [6.45, 7) is 0.917. The molecule has 0 aliphatic carbocycles. The zero-order chi connectivity index (χ0) is 20.5. The number of para-hydroxylation sites is 2. The lowest BCUT2D eigenvalue weighted by Crippen LogP contribution is -2.36. The van der Waals surface area contributed by atoms with Gasteiger partial charge >= 0.3 is 6.03 Å². The van der Waals surface area contributed by atoms with E-state index in [1.54, 1.807) is 36.7 Å². The van der Waals surface area contributed by atoms with Crippen LogP contribution in [0.3, 0.4) is 0 Å². The Morgan fingerprint density at radius 1 is 0.897 bits per heavy atom. The van der Waals surface area contributed by atoms with Gasteiger partial charge in [0.25, 0.3) is 5.91 Å². The second-order valence-electron chi connectivity index (χ2n) is 6.46. The highest BCUT2D eigenvalue weighted by atomic mass is 16.2. The molecule has 3 aromatic rings. The van der Waals surface area contributed by atoms with Crippen molar-refractivity contribution in [1.82, 2.24) is 15.6 Å². The van der Waals surface area contributed by atoms with Crippen molar-refractivity contribution in [3.8, 4) is 0 Å². The summed E-state index contributed by atoms with van der Waals surface area (Å²) in [6.07, 6.45) is 4.06. The molecule has 0 unspecified atom stereocenters. The fourth-order valence-corrected chi connectivity index (χ4v) is 2.70. The van der Waals surface area contributed by atoms with E-state index in [4.69, 9.17) is 5.73 Å². The fourth-order valence-electron chi connectivity index (χ4n) is 2.70. The minimum absolute atomic E-state index is 0.220. The normalized spacial score (nSPS) is 10.2. The number of nitrogens with zero attached hydrogens (tertiary/aromatic N) is 1. The molecule has 0 aliphatic heterocycles. The summed E-state index contributed by atoms with van der Waals surface area (Å²) in [6, 6.07) is 17.9. The van der Waals surface area contributed by atoms with Gasteiger partial charge in [0.15, 0.2) is 0 Å². The minimum atomic E-state index is -0.231. The molecule has 7 heteroatoms. The number of amides is 3. The Labute approximate surface area is 169 Å². The van der Waals surface area contributed by atoms with Crippen LogP contribution in [0.1, 0.15) is 21.5 Å². The van der Waals surface area contributed by atoms with Crippen molar-refractivity contribution >= 4 is 23.3 Å². The number of anilines is 2. The highest BCUT2D eigenvalue weighted by Gasteiger charge is 2.08. The van der Waals surface area contributed by atoms with Gasteiger partial charge in [0.05, 0.1) is 11.4 Å². The maximum absolute atomic E-state index is 12.3. The molecule has 2 aromatic carbocycles. The van der Waals surface area contributed by atoms with Crippen LogP contribution in [-0.2, 0) is 13.0 Å². The number of urea groups is 1. The van der Waals surface area contributed by atoms with Gasteiger partial charge in [0, 0.05) is 31.0 Å². The largest absolute Gasteiger partial charge is 0.397 e. The van der Waals surface area contributed by atoms with Gasteiger partial charge < -0.3 is 21.7 Å². The number of pyridine rings is 1. The minimum Gasteiger partial charge on any atom is -0.397 e. The van der Waals surface area contributed by atoms with Crippen molar-refractivity contribution in [1.29, 1.82) is 0 Å². The van der Waals surface area contributed by atoms with Crippen LogP contribution in [-0.4, -0.2) is 23.5 Å². The Bertz CT molecular complexity index is 958. The third kappa shape index (κ3) is 6.07. The standard InChI is InChI=1S/C22H23N5O2/c23-19-5-1-2-6-20(19)27-21(28)18-9-7-16(8-10-18)11-13-25-22(29)26-15-17-4-3-12-24-14-17/h1-10,12,14H,11,13,15,23H2,(H,27,28)(H2,25,26,29). The van der Waals surface area contributed by atoms with E-state index in [1.807, 2.05) is 36.4 Å². The number of rotatable bonds is 7. The molecule has 3 amide bonds. The Morgan fingerprint density at radius 2 is 1.69 bits per heavy atom. The SMILES string of the molecule is Nc1ccccc1NC(=O)c1ccc(CCNC(=O)NCc2cccnc2)cc1. The average molecular weight is 389 g/mol. The number of carbonyl (C=O) groups is 2. The quantitative estimate of drug-likeness (QED) is 0.466. The number of nitrogens with two attached hydrogens (primary N) is 1. The number of hydrogen-bond acceptors (Lipinski definition) is 4. The summed E-state index contributed by atoms with van der Waals surface area (Å²) in [4.78, 5) is 28.2. The number of nitrogens with one attached hydrogen (secondary N) is 3. The van der Waals surface area contributed by atoms with Crippen molar-refractivity contribution in [3.63, 3.8) is 0 Å². The van der Waals surface area contributed by atoms with Crippen molar-refractivity contribution in [2.75, 3.05) is 17.6 Å². The van der Waals surface area contributed by atoms with E-state index < -0.39 is 0 Å². The molecule has 29 heavy (non-hydrogen) atoms. The molecular formula is C22H23N5O2. The molecule has 0 atom stereocenters. The molecular weight excluding hydrogens is 366 g/mol. The Hall–Kier alpha value is -3.87. The second kappa shape index (κ2) is 9.89. The topological polar surface area (TPSA) is 109 Å². The van der Waals surface area contributed by atoms with Crippen LogP contribution < -0.4 is 21.7 Å². The molecule has 0 radical (unpaired) electrons. The first-order valence-corrected chi connectivity index (χ1v) is 9.27. The first-order chi connectivity index (χ1) is 14.1. The van der Waals surface area contributed by atoms with Gasteiger partial charge in [-0.05, 0) is 47.9 Å². The van der Waals surface area contributed by atoms with Crippen molar-refractivity contribution in [2.24, 2.45) is 0 Å². The third-order valence-corrected chi connectivity index (χ3v) is 4.30. The van der Waals surface area contributed by atoms with Crippen LogP contribution in [0.25, 0.3) is 0 Å². The summed E-state index contributed by atoms with van der Waals surface area (Å²) in [5, 5.41) is 8.40. The second-order valence-corrected chi connectivity index (χ2v) is 6.46. The zero-order valence-electron chi connectivity index (χ0n) is 15.9. The zero-order valence-corrected chi connectivity index (χ0v) is 15.9. The lowest BCUT2D eigenvalue weighted by Gasteiger charge is -2.09. The van der Waals surface area contributed by atoms with Crippen LogP contribution in [0.4, 0.5) is 16.2 Å². The molecule has 148 valence electrons. The predicted octanol–water partition coefficient (Wildman–Crippen LogP) is 2.96. The summed E-state index contributed by atoms with van der Waals surface area (Å²) in [5.41, 5.74) is 9.45. The number of aromatic nitrogens is 1. The van der Waals surface area contributed by atoms with Crippen LogP contribution in [0.15, 0.2) is 73.1 Å². The fraction of sp³-hybridized carbons (Fsp3) is 0.136. The summed E-state index contributed by atoms with van der Waals surface area (Å²) < 4.78 is 0. The first kappa shape index (κ1) is 19.9. The first-order valence-electron chi connectivity index (χ1n) is 9.27. The van der Waals surface area contributed by atoms with Gasteiger partial charge in [-0.3, -0.25) is 9.78 Å². The van der Waals surface area contributed by atoms with Crippen LogP contribution in [0.2, 0.25) is 0 Å². The summed E-state index contributed by atoms with van der Waals surface area (Å²) in [5.74, 6) is -0.220. The molecule has 0 bridgehead atoms. The smallest absolute Gasteiger partial charge is 0.315 e. The molecule has 5 N–H and O–H groups in total. The van der Waals surface area contributed by atoms with Crippen LogP contribution in [0, 0.1) is 0 Å². The highest BCUT2D eigenvalue weighted by molar-refractivity contribution is 6.05. The van der Waals surface area contributed by atoms with Crippen molar-refractivity contribution < 1.29 is 9.59 Å². The van der Waals surface area contributed by atoms with Gasteiger partial charge in [-0.1, -0.05) is 30.3 Å². The van der Waals surface area contributed by atoms with Crippen LogP contribution >= 0.6 is 0 Å². The van der Waals surface area contributed by atoms with Gasteiger partial charge in [0.2, 0.25) is 0 Å². The van der Waals surface area contributed by atoms with Crippen molar-refractivity contribution in [2.45, 2.75) is 13.0 Å². The monoisotopic (exact) mass is 389 g/mol. The van der Waals surface area contributed by atoms with Gasteiger partial charge in [-0.25, -0.2) is 4.79 Å². The van der Waals surface area contributed by atoms with E-state index in [9.17, 15) is 9.59 Å². The van der Waals surface area contributed by atoms with E-state index in [0.717, 1.165) is 11.1 Å². The number of hydrogen-bond donors (Lipinski definition) is 4. The van der Waals surface area contributed by atoms with Gasteiger partial charge in [-0.15, -0.1) is 0 Å². The third-order valence-electron chi connectivity index (χ3n) is 4.30. The predicted molar refractivity (Wildman–Crippen MR) is 113 cm³/mol. The lowest BCUT2D eigenvalue weighted by atomic mass is 10.1. The molecule has 0 saturated carbocycles. The summed E-state index contributed by atoms with van der Waals surface area (Å²) in [7, 11) is 0. The van der Waals surface area contributed by atoms with E-state index in [2.05, 4.69) is 20.9 Å².